The summed E-state index contributed by atoms with van der Waals surface area (Å²) in [6.07, 6.45) is 4.12. The Morgan fingerprint density at radius 2 is 1.32 bits per heavy atom. The first-order chi connectivity index (χ1) is 15.1. The quantitative estimate of drug-likeness (QED) is 0.362. The number of hydrogen-bond acceptors (Lipinski definition) is 5. The maximum Gasteiger partial charge on any atom is 0.251 e. The van der Waals surface area contributed by atoms with Crippen molar-refractivity contribution in [3.05, 3.63) is 94.4 Å². The van der Waals surface area contributed by atoms with Crippen molar-refractivity contribution in [2.24, 2.45) is 0 Å². The van der Waals surface area contributed by atoms with Gasteiger partial charge in [0.1, 0.15) is 11.8 Å². The van der Waals surface area contributed by atoms with Gasteiger partial charge in [-0.25, -0.2) is 9.97 Å². The van der Waals surface area contributed by atoms with Gasteiger partial charge in [0, 0.05) is 40.0 Å². The normalized spacial score (nSPS) is 10.5. The Labute approximate surface area is 189 Å². The summed E-state index contributed by atoms with van der Waals surface area (Å²) in [5, 5.41) is 10.9. The third-order valence-corrected chi connectivity index (χ3v) is 5.09. The molecule has 0 amide bonds. The van der Waals surface area contributed by atoms with Crippen LogP contribution in [-0.2, 0) is 6.42 Å². The van der Waals surface area contributed by atoms with Gasteiger partial charge in [-0.05, 0) is 42.0 Å². The number of pyridine rings is 1. The van der Waals surface area contributed by atoms with Gasteiger partial charge in [0.05, 0.1) is 12.3 Å². The Morgan fingerprint density at radius 1 is 0.774 bits per heavy atom. The molecule has 2 heterocycles. The molecule has 0 aliphatic carbocycles. The second-order valence-electron chi connectivity index (χ2n) is 6.65. The van der Waals surface area contributed by atoms with E-state index < -0.39 is 0 Å². The van der Waals surface area contributed by atoms with Crippen molar-refractivity contribution in [2.45, 2.75) is 6.42 Å². The highest BCUT2D eigenvalue weighted by Crippen LogP contribution is 2.33. The summed E-state index contributed by atoms with van der Waals surface area (Å²) in [6.45, 7) is 0.355. The average Bonchev–Trinajstić information content (AvgIpc) is 2.80. The predicted octanol–water partition coefficient (Wildman–Crippen LogP) is 6.01. The fourth-order valence-corrected chi connectivity index (χ4v) is 3.28. The summed E-state index contributed by atoms with van der Waals surface area (Å²) in [6, 6.07) is 20.5. The van der Waals surface area contributed by atoms with Crippen molar-refractivity contribution in [3.8, 4) is 34.5 Å². The summed E-state index contributed by atoms with van der Waals surface area (Å²) < 4.78 is 5.86. The van der Waals surface area contributed by atoms with Crippen molar-refractivity contribution < 1.29 is 4.74 Å². The first-order valence-corrected chi connectivity index (χ1v) is 10.3. The molecule has 2 aromatic heterocycles. The highest BCUT2D eigenvalue weighted by atomic mass is 35.5. The molecule has 0 fully saturated rings. The highest BCUT2D eigenvalue weighted by molar-refractivity contribution is 6.31. The number of rotatable bonds is 6. The average molecular weight is 447 g/mol. The lowest BCUT2D eigenvalue weighted by Gasteiger charge is -2.13. The van der Waals surface area contributed by atoms with Crippen molar-refractivity contribution in [2.75, 3.05) is 6.61 Å². The molecule has 152 valence electrons. The maximum atomic E-state index is 9.67. The Hall–Kier alpha value is -3.46. The largest absolute Gasteiger partial charge is 0.475 e. The van der Waals surface area contributed by atoms with Crippen molar-refractivity contribution in [1.82, 2.24) is 15.0 Å². The van der Waals surface area contributed by atoms with Crippen LogP contribution >= 0.6 is 23.2 Å². The van der Waals surface area contributed by atoms with Crippen LogP contribution in [0.1, 0.15) is 11.3 Å². The first-order valence-electron chi connectivity index (χ1n) is 9.50. The summed E-state index contributed by atoms with van der Waals surface area (Å²) in [5.74, 6) is 0.194. The van der Waals surface area contributed by atoms with E-state index in [-0.39, 0.29) is 11.6 Å². The van der Waals surface area contributed by atoms with Crippen LogP contribution in [-0.4, -0.2) is 21.6 Å². The topological polar surface area (TPSA) is 71.7 Å². The first kappa shape index (κ1) is 20.8. The van der Waals surface area contributed by atoms with Crippen LogP contribution in [0.2, 0.25) is 10.0 Å². The van der Waals surface area contributed by atoms with E-state index in [9.17, 15) is 5.26 Å². The number of aromatic nitrogens is 3. The Balaban J connectivity index is 1.73. The smallest absolute Gasteiger partial charge is 0.251 e. The molecule has 0 saturated carbocycles. The molecule has 0 aliphatic rings. The Bertz CT molecular complexity index is 1220. The van der Waals surface area contributed by atoms with Crippen molar-refractivity contribution >= 4 is 23.2 Å². The van der Waals surface area contributed by atoms with E-state index >= 15 is 0 Å². The summed E-state index contributed by atoms with van der Waals surface area (Å²) >= 11 is 12.1. The standard InChI is InChI=1S/C24H16Cl2N4O/c25-19-5-1-17(2-6-19)22-23(18-3-7-20(26)8-4-18)30-24(21(15-27)29-22)31-14-11-16-9-12-28-13-10-16/h1-10,12-13H,11,14H2. The number of nitriles is 1. The number of nitrogens with zero attached hydrogens (tertiary/aromatic N) is 4. The van der Waals surface area contributed by atoms with Crippen LogP contribution in [0.4, 0.5) is 0 Å². The van der Waals surface area contributed by atoms with E-state index in [0.29, 0.717) is 34.5 Å². The molecule has 0 N–H and O–H groups in total. The van der Waals surface area contributed by atoms with Crippen molar-refractivity contribution in [3.63, 3.8) is 0 Å². The van der Waals surface area contributed by atoms with Crippen LogP contribution in [0.3, 0.4) is 0 Å². The minimum Gasteiger partial charge on any atom is -0.475 e. The van der Waals surface area contributed by atoms with E-state index in [2.05, 4.69) is 21.0 Å². The van der Waals surface area contributed by atoms with Gasteiger partial charge in [0.15, 0.2) is 0 Å². The third kappa shape index (κ3) is 5.00. The SMILES string of the molecule is N#Cc1nc(-c2ccc(Cl)cc2)c(-c2ccc(Cl)cc2)nc1OCCc1ccncc1. The Kier molecular flexibility index (Phi) is 6.42. The van der Waals surface area contributed by atoms with Gasteiger partial charge in [0.25, 0.3) is 5.88 Å². The number of ether oxygens (including phenoxy) is 1. The fourth-order valence-electron chi connectivity index (χ4n) is 3.03. The molecule has 0 bridgehead atoms. The number of hydrogen-bond donors (Lipinski definition) is 0. The van der Waals surface area contributed by atoms with Gasteiger partial charge < -0.3 is 4.74 Å². The minimum absolute atomic E-state index is 0.123. The van der Waals surface area contributed by atoms with Crippen LogP contribution < -0.4 is 4.74 Å². The lowest BCUT2D eigenvalue weighted by molar-refractivity contribution is 0.307. The molecule has 0 atom stereocenters. The van der Waals surface area contributed by atoms with Gasteiger partial charge in [-0.15, -0.1) is 0 Å². The molecule has 7 heteroatoms. The van der Waals surface area contributed by atoms with E-state index in [1.54, 1.807) is 36.7 Å². The zero-order valence-electron chi connectivity index (χ0n) is 16.3. The van der Waals surface area contributed by atoms with Gasteiger partial charge >= 0.3 is 0 Å². The molecule has 2 aromatic carbocycles. The Morgan fingerprint density at radius 3 is 1.87 bits per heavy atom. The molecule has 4 aromatic rings. The minimum atomic E-state index is 0.123. The zero-order valence-corrected chi connectivity index (χ0v) is 17.8. The van der Waals surface area contributed by atoms with Crippen LogP contribution in [0.5, 0.6) is 5.88 Å². The lowest BCUT2D eigenvalue weighted by Crippen LogP contribution is -2.07. The molecule has 4 rings (SSSR count). The van der Waals surface area contributed by atoms with Crippen LogP contribution in [0.25, 0.3) is 22.5 Å². The van der Waals surface area contributed by atoms with E-state index in [4.69, 9.17) is 27.9 Å². The number of benzene rings is 2. The molecule has 0 spiro atoms. The lowest BCUT2D eigenvalue weighted by atomic mass is 10.0. The second-order valence-corrected chi connectivity index (χ2v) is 7.53. The summed E-state index contributed by atoms with van der Waals surface area (Å²) in [7, 11) is 0. The van der Waals surface area contributed by atoms with Gasteiger partial charge in [0.2, 0.25) is 5.69 Å². The second kappa shape index (κ2) is 9.57. The predicted molar refractivity (Wildman–Crippen MR) is 121 cm³/mol. The highest BCUT2D eigenvalue weighted by Gasteiger charge is 2.18. The fraction of sp³-hybridized carbons (Fsp3) is 0.0833. The summed E-state index contributed by atoms with van der Waals surface area (Å²) in [4.78, 5) is 13.3. The van der Waals surface area contributed by atoms with Crippen molar-refractivity contribution in [1.29, 1.82) is 5.26 Å². The van der Waals surface area contributed by atoms with E-state index in [1.807, 2.05) is 36.4 Å². The van der Waals surface area contributed by atoms with E-state index in [1.165, 1.54) is 0 Å². The molecule has 31 heavy (non-hydrogen) atoms. The van der Waals surface area contributed by atoms with Gasteiger partial charge in [-0.3, -0.25) is 4.98 Å². The molecular formula is C24H16Cl2N4O. The molecule has 0 aliphatic heterocycles. The zero-order chi connectivity index (χ0) is 21.6. The monoisotopic (exact) mass is 446 g/mol. The maximum absolute atomic E-state index is 9.67. The molecule has 0 saturated heterocycles. The summed E-state index contributed by atoms with van der Waals surface area (Å²) in [5.41, 5.74) is 3.97. The van der Waals surface area contributed by atoms with Crippen LogP contribution in [0, 0.1) is 11.3 Å². The van der Waals surface area contributed by atoms with Gasteiger partial charge in [-0.2, -0.15) is 5.26 Å². The molecule has 0 radical (unpaired) electrons. The molecule has 0 unspecified atom stereocenters. The van der Waals surface area contributed by atoms with Gasteiger partial charge in [-0.1, -0.05) is 47.5 Å². The number of halogens is 2. The van der Waals surface area contributed by atoms with Crippen LogP contribution in [0.15, 0.2) is 73.1 Å². The molecule has 5 nitrogen and oxygen atoms in total. The molecular weight excluding hydrogens is 431 g/mol. The third-order valence-electron chi connectivity index (χ3n) is 4.58. The van der Waals surface area contributed by atoms with E-state index in [0.717, 1.165) is 16.7 Å².